The Kier molecular flexibility index (Phi) is 3.98. The molecule has 1 aromatic rings. The number of rotatable bonds is 3. The van der Waals surface area contributed by atoms with E-state index in [2.05, 4.69) is 28.1 Å². The highest BCUT2D eigenvalue weighted by Crippen LogP contribution is 2.32. The van der Waals surface area contributed by atoms with E-state index in [0.717, 1.165) is 5.75 Å². The molecule has 0 radical (unpaired) electrons. The third-order valence-electron chi connectivity index (χ3n) is 1.06. The second kappa shape index (κ2) is 4.81. The van der Waals surface area contributed by atoms with Gasteiger partial charge >= 0.3 is 0 Å². The Morgan fingerprint density at radius 2 is 2.55 bits per heavy atom. The Bertz CT molecular complexity index is 264. The van der Waals surface area contributed by atoms with E-state index in [9.17, 15) is 0 Å². The SMILES string of the molecule is N#CCCSc1ccsc1Br. The van der Waals surface area contributed by atoms with Crippen molar-refractivity contribution in [2.45, 2.75) is 11.3 Å². The van der Waals surface area contributed by atoms with Crippen LogP contribution >= 0.6 is 39.0 Å². The smallest absolute Gasteiger partial charge is 0.0834 e. The average molecular weight is 248 g/mol. The molecule has 1 aromatic heterocycles. The molecule has 0 aromatic carbocycles. The molecule has 0 unspecified atom stereocenters. The molecule has 0 saturated carbocycles. The van der Waals surface area contributed by atoms with Crippen LogP contribution in [0, 0.1) is 11.3 Å². The number of nitrogens with zero attached hydrogens (tertiary/aromatic N) is 1. The van der Waals surface area contributed by atoms with Crippen molar-refractivity contribution in [1.29, 1.82) is 5.26 Å². The van der Waals surface area contributed by atoms with Gasteiger partial charge in [0.15, 0.2) is 0 Å². The first-order valence-electron chi connectivity index (χ1n) is 3.07. The first-order chi connectivity index (χ1) is 5.34. The van der Waals surface area contributed by atoms with E-state index >= 15 is 0 Å². The number of hydrogen-bond donors (Lipinski definition) is 0. The summed E-state index contributed by atoms with van der Waals surface area (Å²) in [6, 6.07) is 4.18. The van der Waals surface area contributed by atoms with Gasteiger partial charge in [0.1, 0.15) is 0 Å². The molecule has 0 aliphatic carbocycles. The maximum atomic E-state index is 8.29. The van der Waals surface area contributed by atoms with E-state index in [1.165, 1.54) is 8.68 Å². The third kappa shape index (κ3) is 2.86. The highest BCUT2D eigenvalue weighted by atomic mass is 79.9. The zero-order valence-corrected chi connectivity index (χ0v) is 8.93. The van der Waals surface area contributed by atoms with Gasteiger partial charge < -0.3 is 0 Å². The Morgan fingerprint density at radius 3 is 3.09 bits per heavy atom. The van der Waals surface area contributed by atoms with Gasteiger partial charge in [-0.05, 0) is 27.4 Å². The monoisotopic (exact) mass is 247 g/mol. The normalized spacial score (nSPS) is 9.45. The minimum atomic E-state index is 0.618. The molecule has 0 N–H and O–H groups in total. The van der Waals surface area contributed by atoms with Gasteiger partial charge in [0.25, 0.3) is 0 Å². The Morgan fingerprint density at radius 1 is 1.73 bits per heavy atom. The van der Waals surface area contributed by atoms with E-state index in [1.54, 1.807) is 23.1 Å². The van der Waals surface area contributed by atoms with Gasteiger partial charge in [0, 0.05) is 17.1 Å². The van der Waals surface area contributed by atoms with Crippen LogP contribution in [0.4, 0.5) is 0 Å². The highest BCUT2D eigenvalue weighted by molar-refractivity contribution is 9.11. The van der Waals surface area contributed by atoms with Crippen LogP contribution in [-0.2, 0) is 0 Å². The van der Waals surface area contributed by atoms with Crippen LogP contribution in [0.2, 0.25) is 0 Å². The van der Waals surface area contributed by atoms with Crippen molar-refractivity contribution in [3.05, 3.63) is 15.2 Å². The molecule has 0 aliphatic rings. The quantitative estimate of drug-likeness (QED) is 0.603. The van der Waals surface area contributed by atoms with Crippen molar-refractivity contribution in [2.75, 3.05) is 5.75 Å². The second-order valence-electron chi connectivity index (χ2n) is 1.82. The molecule has 58 valence electrons. The summed E-state index contributed by atoms with van der Waals surface area (Å²) in [5, 5.41) is 10.3. The lowest BCUT2D eigenvalue weighted by molar-refractivity contribution is 1.24. The van der Waals surface area contributed by atoms with Crippen LogP contribution in [0.3, 0.4) is 0 Å². The predicted molar refractivity (Wildman–Crippen MR) is 53.0 cm³/mol. The minimum Gasteiger partial charge on any atom is -0.198 e. The maximum absolute atomic E-state index is 8.29. The van der Waals surface area contributed by atoms with Gasteiger partial charge in [-0.3, -0.25) is 0 Å². The zero-order chi connectivity index (χ0) is 8.10. The summed E-state index contributed by atoms with van der Waals surface area (Å²) in [4.78, 5) is 1.24. The Hall–Kier alpha value is 0.0200. The van der Waals surface area contributed by atoms with E-state index in [1.807, 2.05) is 5.38 Å². The summed E-state index contributed by atoms with van der Waals surface area (Å²) in [6.45, 7) is 0. The Balaban J connectivity index is 2.40. The number of halogens is 1. The van der Waals surface area contributed by atoms with Crippen LogP contribution in [0.1, 0.15) is 6.42 Å². The molecule has 0 aliphatic heterocycles. The van der Waals surface area contributed by atoms with Crippen molar-refractivity contribution in [3.63, 3.8) is 0 Å². The second-order valence-corrected chi connectivity index (χ2v) is 5.19. The van der Waals surface area contributed by atoms with Crippen LogP contribution in [0.25, 0.3) is 0 Å². The first-order valence-corrected chi connectivity index (χ1v) is 5.73. The van der Waals surface area contributed by atoms with Crippen molar-refractivity contribution in [1.82, 2.24) is 0 Å². The van der Waals surface area contributed by atoms with Gasteiger partial charge in [-0.15, -0.1) is 23.1 Å². The van der Waals surface area contributed by atoms with Crippen LogP contribution < -0.4 is 0 Å². The molecule has 0 fully saturated rings. The number of nitriles is 1. The predicted octanol–water partition coefficient (Wildman–Crippen LogP) is 3.52. The largest absolute Gasteiger partial charge is 0.198 e. The highest BCUT2D eigenvalue weighted by Gasteiger charge is 1.99. The van der Waals surface area contributed by atoms with E-state index in [0.29, 0.717) is 6.42 Å². The summed E-state index contributed by atoms with van der Waals surface area (Å²) in [7, 11) is 0. The molecule has 1 nitrogen and oxygen atoms in total. The average Bonchev–Trinajstić information content (AvgIpc) is 2.37. The summed E-state index contributed by atoms with van der Waals surface area (Å²) in [6.07, 6.45) is 0.618. The van der Waals surface area contributed by atoms with E-state index in [4.69, 9.17) is 5.26 Å². The fraction of sp³-hybridized carbons (Fsp3) is 0.286. The van der Waals surface area contributed by atoms with E-state index < -0.39 is 0 Å². The third-order valence-corrected chi connectivity index (χ3v) is 4.19. The molecule has 1 heterocycles. The maximum Gasteiger partial charge on any atom is 0.0834 e. The molecule has 11 heavy (non-hydrogen) atoms. The van der Waals surface area contributed by atoms with Crippen LogP contribution in [-0.4, -0.2) is 5.75 Å². The molecular weight excluding hydrogens is 242 g/mol. The van der Waals surface area contributed by atoms with Gasteiger partial charge in [0.2, 0.25) is 0 Å². The van der Waals surface area contributed by atoms with Crippen LogP contribution in [0.15, 0.2) is 20.1 Å². The summed E-state index contributed by atoms with van der Waals surface area (Å²) < 4.78 is 1.17. The van der Waals surface area contributed by atoms with Crippen molar-refractivity contribution < 1.29 is 0 Å². The molecule has 0 atom stereocenters. The molecule has 0 amide bonds. The lowest BCUT2D eigenvalue weighted by atomic mass is 10.6. The standard InChI is InChI=1S/C7H6BrNS2/c8-7-6(2-5-11-7)10-4-1-3-9/h2,5H,1,4H2. The minimum absolute atomic E-state index is 0.618. The molecule has 4 heteroatoms. The number of thioether (sulfide) groups is 1. The number of thiophene rings is 1. The van der Waals surface area contributed by atoms with Gasteiger partial charge in [0.05, 0.1) is 9.86 Å². The van der Waals surface area contributed by atoms with Crippen LogP contribution in [0.5, 0.6) is 0 Å². The molecule has 0 spiro atoms. The van der Waals surface area contributed by atoms with Crippen molar-refractivity contribution in [3.8, 4) is 6.07 Å². The molecule has 0 saturated heterocycles. The molecule has 0 bridgehead atoms. The van der Waals surface area contributed by atoms with Gasteiger partial charge in [-0.1, -0.05) is 0 Å². The molecule has 1 rings (SSSR count). The summed E-state index contributed by atoms with van der Waals surface area (Å²) >= 11 is 6.83. The van der Waals surface area contributed by atoms with E-state index in [-0.39, 0.29) is 0 Å². The topological polar surface area (TPSA) is 23.8 Å². The summed E-state index contributed by atoms with van der Waals surface area (Å²) in [5.41, 5.74) is 0. The lowest BCUT2D eigenvalue weighted by Gasteiger charge is -1.93. The van der Waals surface area contributed by atoms with Crippen molar-refractivity contribution in [2.24, 2.45) is 0 Å². The van der Waals surface area contributed by atoms with Crippen molar-refractivity contribution >= 4 is 39.0 Å². The Labute approximate surface area is 82.5 Å². The fourth-order valence-corrected chi connectivity index (χ4v) is 3.00. The summed E-state index contributed by atoms with van der Waals surface area (Å²) in [5.74, 6) is 0.881. The fourth-order valence-electron chi connectivity index (χ4n) is 0.591. The van der Waals surface area contributed by atoms with Gasteiger partial charge in [-0.2, -0.15) is 5.26 Å². The lowest BCUT2D eigenvalue weighted by Crippen LogP contribution is -1.73. The van der Waals surface area contributed by atoms with Gasteiger partial charge in [-0.25, -0.2) is 0 Å². The zero-order valence-electron chi connectivity index (χ0n) is 5.71. The number of hydrogen-bond acceptors (Lipinski definition) is 3. The molecular formula is C7H6BrNS2. The first kappa shape index (κ1) is 9.11.